The summed E-state index contributed by atoms with van der Waals surface area (Å²) in [6.07, 6.45) is 1.51. The van der Waals surface area contributed by atoms with Crippen molar-refractivity contribution in [1.29, 1.82) is 0 Å². The summed E-state index contributed by atoms with van der Waals surface area (Å²) in [5, 5.41) is 0.407. The number of aromatic nitrogens is 4. The second kappa shape index (κ2) is 3.48. The van der Waals surface area contributed by atoms with Crippen molar-refractivity contribution in [3.05, 3.63) is 6.33 Å². The third-order valence-electron chi connectivity index (χ3n) is 1.27. The standard InChI is InChI=1S/C5H5N5S.Hg/c6-5-9-3-2(4(11)10-5)7-1-8-3;/h1H,(H4,6,7,8,9,10,11);/q;+2/p-1. The van der Waals surface area contributed by atoms with Gasteiger partial charge in [0, 0.05) is 0 Å². The van der Waals surface area contributed by atoms with Crippen LogP contribution in [0.4, 0.5) is 5.95 Å². The molecular weight excluding hydrogens is 363 g/mol. The zero-order valence-electron chi connectivity index (χ0n) is 6.11. The van der Waals surface area contributed by atoms with Crippen LogP contribution in [0.25, 0.3) is 11.2 Å². The minimum absolute atomic E-state index is 0. The number of nitrogen functional groups attached to an aromatic ring is 1. The summed E-state index contributed by atoms with van der Waals surface area (Å²) in [6, 6.07) is 0. The fourth-order valence-electron chi connectivity index (χ4n) is 0.823. The molecule has 2 heterocycles. The van der Waals surface area contributed by atoms with Crippen LogP contribution in [0.5, 0.6) is 0 Å². The Hall–Kier alpha value is -0.495. The first-order valence-electron chi connectivity index (χ1n) is 2.91. The van der Waals surface area contributed by atoms with Crippen molar-refractivity contribution >= 4 is 29.7 Å². The first kappa shape index (κ1) is 9.59. The van der Waals surface area contributed by atoms with Gasteiger partial charge in [0.05, 0.1) is 11.8 Å². The van der Waals surface area contributed by atoms with Crippen molar-refractivity contribution < 1.29 is 27.7 Å². The predicted molar refractivity (Wildman–Crippen MR) is 41.7 cm³/mol. The van der Waals surface area contributed by atoms with E-state index in [0.29, 0.717) is 16.2 Å². The molecular formula is C5H4HgN5S+. The molecule has 0 saturated carbocycles. The van der Waals surface area contributed by atoms with Crippen molar-refractivity contribution in [3.63, 3.8) is 0 Å². The molecule has 0 bridgehead atoms. The van der Waals surface area contributed by atoms with Gasteiger partial charge in [-0.25, -0.2) is 9.97 Å². The molecule has 0 aliphatic heterocycles. The Kier molecular flexibility index (Phi) is 2.78. The fraction of sp³-hybridized carbons (Fsp3) is 0. The molecule has 0 unspecified atom stereocenters. The van der Waals surface area contributed by atoms with Gasteiger partial charge in [-0.05, 0) is 0 Å². The number of hydrogen-bond donors (Lipinski definition) is 2. The average Bonchev–Trinajstić information content (AvgIpc) is 2.34. The Morgan fingerprint density at radius 1 is 1.42 bits per heavy atom. The van der Waals surface area contributed by atoms with Crippen molar-refractivity contribution in [1.82, 2.24) is 19.9 Å². The van der Waals surface area contributed by atoms with Crippen LogP contribution in [0.15, 0.2) is 11.4 Å². The first-order chi connectivity index (χ1) is 5.27. The van der Waals surface area contributed by atoms with Gasteiger partial charge in [0.1, 0.15) is 0 Å². The van der Waals surface area contributed by atoms with E-state index in [2.05, 4.69) is 19.9 Å². The zero-order valence-corrected chi connectivity index (χ0v) is 12.4. The molecule has 0 aromatic carbocycles. The minimum Gasteiger partial charge on any atom is -0.758 e. The maximum atomic E-state index is 5.34. The summed E-state index contributed by atoms with van der Waals surface area (Å²) in [6.45, 7) is 0. The third-order valence-corrected chi connectivity index (χ3v) is 1.57. The van der Waals surface area contributed by atoms with Gasteiger partial charge in [0.15, 0.2) is 5.65 Å². The van der Waals surface area contributed by atoms with E-state index in [1.807, 2.05) is 0 Å². The quantitative estimate of drug-likeness (QED) is 0.385. The van der Waals surface area contributed by atoms with E-state index < -0.39 is 0 Å². The van der Waals surface area contributed by atoms with Gasteiger partial charge in [-0.15, -0.1) is 0 Å². The molecule has 2 aromatic heterocycles. The van der Waals surface area contributed by atoms with Crippen LogP contribution in [0.3, 0.4) is 0 Å². The second-order valence-corrected chi connectivity index (χ2v) is 2.37. The number of rotatable bonds is 0. The van der Waals surface area contributed by atoms with E-state index in [1.165, 1.54) is 6.33 Å². The Labute approximate surface area is 94.1 Å². The summed E-state index contributed by atoms with van der Waals surface area (Å²) in [5.41, 5.74) is 6.52. The summed E-state index contributed by atoms with van der Waals surface area (Å²) in [4.78, 5) is 14.3. The Bertz CT molecular complexity index is 400. The zero-order chi connectivity index (χ0) is 7.84. The molecule has 12 heavy (non-hydrogen) atoms. The SMILES string of the molecule is Nc1nc([S-])c2[nH]cnc2n1.[Hg+2]. The Morgan fingerprint density at radius 2 is 2.17 bits per heavy atom. The molecule has 2 rings (SSSR count). The molecule has 7 heteroatoms. The molecule has 5 nitrogen and oxygen atoms in total. The van der Waals surface area contributed by atoms with E-state index in [1.54, 1.807) is 0 Å². The largest absolute Gasteiger partial charge is 2.00 e. The number of nitrogens with one attached hydrogen (secondary N) is 1. The number of aromatic amines is 1. The maximum absolute atomic E-state index is 5.34. The molecule has 0 fully saturated rings. The van der Waals surface area contributed by atoms with E-state index >= 15 is 0 Å². The fourth-order valence-corrected chi connectivity index (χ4v) is 1.07. The number of anilines is 1. The molecule has 0 aliphatic carbocycles. The van der Waals surface area contributed by atoms with Crippen molar-refractivity contribution in [2.24, 2.45) is 0 Å². The summed E-state index contributed by atoms with van der Waals surface area (Å²) in [7, 11) is 0. The van der Waals surface area contributed by atoms with E-state index in [0.717, 1.165) is 0 Å². The molecule has 0 spiro atoms. The van der Waals surface area contributed by atoms with Crippen LogP contribution in [0.1, 0.15) is 0 Å². The first-order valence-corrected chi connectivity index (χ1v) is 3.32. The van der Waals surface area contributed by atoms with Gasteiger partial charge in [-0.2, -0.15) is 4.98 Å². The Morgan fingerprint density at radius 3 is 2.92 bits per heavy atom. The average molecular weight is 367 g/mol. The molecule has 56 valence electrons. The van der Waals surface area contributed by atoms with Crippen LogP contribution in [-0.4, -0.2) is 19.9 Å². The Balaban J connectivity index is 0.000000720. The summed E-state index contributed by atoms with van der Waals surface area (Å²) >= 11 is 4.89. The molecule has 0 saturated heterocycles. The maximum Gasteiger partial charge on any atom is 2.00 e. The molecule has 0 radical (unpaired) electrons. The van der Waals surface area contributed by atoms with Crippen LogP contribution < -0.4 is 5.73 Å². The van der Waals surface area contributed by atoms with Crippen molar-refractivity contribution in [2.45, 2.75) is 5.03 Å². The number of nitrogens with zero attached hydrogens (tertiary/aromatic N) is 3. The summed E-state index contributed by atoms with van der Waals surface area (Å²) in [5.74, 6) is 0.162. The van der Waals surface area contributed by atoms with Crippen LogP contribution >= 0.6 is 0 Å². The normalized spacial score (nSPS) is 9.67. The monoisotopic (exact) mass is 368 g/mol. The van der Waals surface area contributed by atoms with Crippen molar-refractivity contribution in [3.8, 4) is 0 Å². The van der Waals surface area contributed by atoms with Crippen molar-refractivity contribution in [2.75, 3.05) is 5.73 Å². The van der Waals surface area contributed by atoms with Crippen LogP contribution in [0, 0.1) is 0 Å². The number of hydrogen-bond acceptors (Lipinski definition) is 5. The molecule has 3 N–H and O–H groups in total. The predicted octanol–water partition coefficient (Wildman–Crippen LogP) is -0.162. The molecule has 0 amide bonds. The second-order valence-electron chi connectivity index (χ2n) is 1.99. The van der Waals surface area contributed by atoms with Crippen LogP contribution in [0.2, 0.25) is 0 Å². The molecule has 0 aliphatic rings. The smallest absolute Gasteiger partial charge is 0.758 e. The van der Waals surface area contributed by atoms with Gasteiger partial charge in [0.2, 0.25) is 5.95 Å². The van der Waals surface area contributed by atoms with E-state index in [-0.39, 0.29) is 33.6 Å². The summed E-state index contributed by atoms with van der Waals surface area (Å²) < 4.78 is 0. The van der Waals surface area contributed by atoms with Crippen LogP contribution in [-0.2, 0) is 40.3 Å². The van der Waals surface area contributed by atoms with Gasteiger partial charge >= 0.3 is 27.7 Å². The third kappa shape index (κ3) is 1.49. The van der Waals surface area contributed by atoms with Gasteiger partial charge < -0.3 is 23.3 Å². The minimum atomic E-state index is 0. The molecule has 0 atom stereocenters. The number of fused-ring (bicyclic) bond motifs is 1. The van der Waals surface area contributed by atoms with Gasteiger partial charge in [-0.3, -0.25) is 0 Å². The number of nitrogens with two attached hydrogens (primary N) is 1. The topological polar surface area (TPSA) is 80.5 Å². The van der Waals surface area contributed by atoms with Gasteiger partial charge in [0.25, 0.3) is 0 Å². The molecule has 2 aromatic rings. The number of H-pyrrole nitrogens is 1. The van der Waals surface area contributed by atoms with E-state index in [4.69, 9.17) is 18.4 Å². The number of imidazole rings is 1. The van der Waals surface area contributed by atoms with Gasteiger partial charge in [-0.1, -0.05) is 5.03 Å². The van der Waals surface area contributed by atoms with E-state index in [9.17, 15) is 0 Å².